The highest BCUT2D eigenvalue weighted by Crippen LogP contribution is 2.34. The first-order valence-electron chi connectivity index (χ1n) is 7.92. The van der Waals surface area contributed by atoms with Crippen molar-refractivity contribution in [2.45, 2.75) is 24.6 Å². The van der Waals surface area contributed by atoms with Crippen LogP contribution in [-0.2, 0) is 20.6 Å². The number of sulfonamides is 1. The van der Waals surface area contributed by atoms with E-state index in [4.69, 9.17) is 0 Å². The van der Waals surface area contributed by atoms with E-state index < -0.39 is 15.6 Å². The average Bonchev–Trinajstić information content (AvgIpc) is 2.87. The molecule has 6 nitrogen and oxygen atoms in total. The zero-order chi connectivity index (χ0) is 16.5. The van der Waals surface area contributed by atoms with Crippen molar-refractivity contribution >= 4 is 15.9 Å². The lowest BCUT2D eigenvalue weighted by molar-refractivity contribution is -0.121. The lowest BCUT2D eigenvalue weighted by Crippen LogP contribution is -2.60. The smallest absolute Gasteiger partial charge is 0.218 e. The summed E-state index contributed by atoms with van der Waals surface area (Å²) in [5.41, 5.74) is 0.356. The quantitative estimate of drug-likeness (QED) is 0.829. The van der Waals surface area contributed by atoms with E-state index in [1.54, 1.807) is 4.31 Å². The van der Waals surface area contributed by atoms with Crippen LogP contribution in [0.2, 0.25) is 0 Å². The molecule has 0 spiro atoms. The Morgan fingerprint density at radius 3 is 2.83 bits per heavy atom. The van der Waals surface area contributed by atoms with Crippen molar-refractivity contribution < 1.29 is 13.2 Å². The number of rotatable bonds is 4. The maximum Gasteiger partial charge on any atom is 0.218 e. The summed E-state index contributed by atoms with van der Waals surface area (Å²) < 4.78 is 27.1. The molecule has 1 aromatic carbocycles. The minimum atomic E-state index is -3.39. The van der Waals surface area contributed by atoms with E-state index in [0.717, 1.165) is 25.1 Å². The maximum absolute atomic E-state index is 12.8. The second kappa shape index (κ2) is 6.22. The highest BCUT2D eigenvalue weighted by atomic mass is 32.2. The third-order valence-electron chi connectivity index (χ3n) is 4.81. The molecule has 0 saturated carbocycles. The fourth-order valence-electron chi connectivity index (χ4n) is 3.70. The van der Waals surface area contributed by atoms with Gasteiger partial charge in [0.05, 0.1) is 11.3 Å². The number of nitrogens with one attached hydrogen (secondary N) is 2. The van der Waals surface area contributed by atoms with Gasteiger partial charge in [0.15, 0.2) is 0 Å². The number of carbonyl (C=O) groups is 1. The van der Waals surface area contributed by atoms with Gasteiger partial charge in [-0.1, -0.05) is 30.3 Å². The summed E-state index contributed by atoms with van der Waals surface area (Å²) in [6, 6.07) is 9.21. The third-order valence-corrected chi connectivity index (χ3v) is 6.58. The molecule has 0 aliphatic carbocycles. The summed E-state index contributed by atoms with van der Waals surface area (Å²) in [5, 5.41) is 6.34. The van der Waals surface area contributed by atoms with Crippen molar-refractivity contribution in [3.05, 3.63) is 35.9 Å². The van der Waals surface area contributed by atoms with Crippen LogP contribution < -0.4 is 10.6 Å². The van der Waals surface area contributed by atoms with Crippen LogP contribution in [0.3, 0.4) is 0 Å². The molecule has 2 aliphatic heterocycles. The molecule has 7 heteroatoms. The van der Waals surface area contributed by atoms with Crippen molar-refractivity contribution in [1.82, 2.24) is 14.9 Å². The van der Waals surface area contributed by atoms with Gasteiger partial charge >= 0.3 is 0 Å². The van der Waals surface area contributed by atoms with Crippen molar-refractivity contribution in [1.29, 1.82) is 0 Å². The summed E-state index contributed by atoms with van der Waals surface area (Å²) in [7, 11) is -3.39. The molecule has 1 aromatic rings. The molecule has 0 aromatic heterocycles. The second-order valence-electron chi connectivity index (χ2n) is 6.52. The highest BCUT2D eigenvalue weighted by molar-refractivity contribution is 7.88. The van der Waals surface area contributed by atoms with Gasteiger partial charge in [-0.15, -0.1) is 0 Å². The lowest BCUT2D eigenvalue weighted by atomic mass is 9.81. The largest absolute Gasteiger partial charge is 0.349 e. The number of benzene rings is 1. The topological polar surface area (TPSA) is 78.5 Å². The van der Waals surface area contributed by atoms with Crippen molar-refractivity contribution in [2.24, 2.45) is 5.92 Å². The molecule has 2 saturated heterocycles. The molecule has 2 heterocycles. The number of hydrogen-bond donors (Lipinski definition) is 2. The van der Waals surface area contributed by atoms with Crippen LogP contribution in [0.1, 0.15) is 18.9 Å². The zero-order valence-corrected chi connectivity index (χ0v) is 14.1. The first-order valence-corrected chi connectivity index (χ1v) is 9.53. The third kappa shape index (κ3) is 3.41. The molecular formula is C16H23N3O3S. The number of carbonyl (C=O) groups excluding carboxylic acids is 1. The van der Waals surface area contributed by atoms with Gasteiger partial charge in [0, 0.05) is 32.5 Å². The Labute approximate surface area is 137 Å². The number of nitrogens with zero attached hydrogens (tertiary/aromatic N) is 1. The summed E-state index contributed by atoms with van der Waals surface area (Å²) >= 11 is 0. The van der Waals surface area contributed by atoms with E-state index in [9.17, 15) is 13.2 Å². The molecule has 126 valence electrons. The Morgan fingerprint density at radius 2 is 2.13 bits per heavy atom. The second-order valence-corrected chi connectivity index (χ2v) is 8.49. The molecule has 23 heavy (non-hydrogen) atoms. The highest BCUT2D eigenvalue weighted by Gasteiger charge is 2.51. The molecule has 2 atom stereocenters. The minimum Gasteiger partial charge on any atom is -0.349 e. The molecule has 0 unspecified atom stereocenters. The normalized spacial score (nSPS) is 28.3. The molecule has 1 amide bonds. The van der Waals surface area contributed by atoms with E-state index >= 15 is 0 Å². The van der Waals surface area contributed by atoms with Gasteiger partial charge in [-0.3, -0.25) is 4.79 Å². The molecular weight excluding hydrogens is 314 g/mol. The van der Waals surface area contributed by atoms with Crippen LogP contribution >= 0.6 is 0 Å². The van der Waals surface area contributed by atoms with Crippen LogP contribution in [0, 0.1) is 5.92 Å². The molecule has 2 fully saturated rings. The molecule has 2 aliphatic rings. The van der Waals surface area contributed by atoms with Crippen LogP contribution in [0.25, 0.3) is 0 Å². The standard InChI is InChI=1S/C16H23N3O3S/c1-13(20)18-16-7-8-17-9-15(16)10-19(12-16)23(21,22)11-14-5-3-2-4-6-14/h2-6,15,17H,7-12H2,1H3,(H,18,20)/t15-,16-/m1/s1. The van der Waals surface area contributed by atoms with Crippen LogP contribution in [-0.4, -0.2) is 50.3 Å². The Hall–Kier alpha value is -1.44. The predicted molar refractivity (Wildman–Crippen MR) is 88.2 cm³/mol. The summed E-state index contributed by atoms with van der Waals surface area (Å²) in [6.07, 6.45) is 0.759. The first kappa shape index (κ1) is 16.4. The Morgan fingerprint density at radius 1 is 1.39 bits per heavy atom. The first-order chi connectivity index (χ1) is 10.9. The number of hydrogen-bond acceptors (Lipinski definition) is 4. The van der Waals surface area contributed by atoms with Crippen molar-refractivity contribution in [2.75, 3.05) is 26.2 Å². The van der Waals surface area contributed by atoms with E-state index in [-0.39, 0.29) is 17.6 Å². The minimum absolute atomic E-state index is 0.00411. The van der Waals surface area contributed by atoms with Crippen molar-refractivity contribution in [3.8, 4) is 0 Å². The molecule has 0 bridgehead atoms. The van der Waals surface area contributed by atoms with Gasteiger partial charge in [0.1, 0.15) is 0 Å². The summed E-state index contributed by atoms with van der Waals surface area (Å²) in [4.78, 5) is 11.6. The zero-order valence-electron chi connectivity index (χ0n) is 13.3. The predicted octanol–water partition coefficient (Wildman–Crippen LogP) is 0.316. The van der Waals surface area contributed by atoms with Gasteiger partial charge in [-0.05, 0) is 18.5 Å². The van der Waals surface area contributed by atoms with E-state index in [1.165, 1.54) is 6.92 Å². The SMILES string of the molecule is CC(=O)N[C@@]12CCNC[C@@H]1CN(S(=O)(=O)Cc1ccccc1)C2. The lowest BCUT2D eigenvalue weighted by Gasteiger charge is -2.39. The Kier molecular flexibility index (Phi) is 4.44. The van der Waals surface area contributed by atoms with Gasteiger partial charge in [0.2, 0.25) is 15.9 Å². The van der Waals surface area contributed by atoms with E-state index in [2.05, 4.69) is 10.6 Å². The van der Waals surface area contributed by atoms with E-state index in [0.29, 0.717) is 13.1 Å². The molecule has 3 rings (SSSR count). The number of fused-ring (bicyclic) bond motifs is 1. The van der Waals surface area contributed by atoms with Gasteiger partial charge < -0.3 is 10.6 Å². The molecule has 2 N–H and O–H groups in total. The average molecular weight is 337 g/mol. The summed E-state index contributed by atoms with van der Waals surface area (Å²) in [6.45, 7) is 3.85. The molecule has 0 radical (unpaired) electrons. The maximum atomic E-state index is 12.8. The van der Waals surface area contributed by atoms with Crippen LogP contribution in [0.15, 0.2) is 30.3 Å². The van der Waals surface area contributed by atoms with E-state index in [1.807, 2.05) is 30.3 Å². The van der Waals surface area contributed by atoms with Gasteiger partial charge in [-0.25, -0.2) is 8.42 Å². The monoisotopic (exact) mass is 337 g/mol. The Balaban J connectivity index is 1.80. The van der Waals surface area contributed by atoms with Gasteiger partial charge in [0.25, 0.3) is 0 Å². The fourth-order valence-corrected chi connectivity index (χ4v) is 5.33. The Bertz CT molecular complexity index is 677. The summed E-state index contributed by atoms with van der Waals surface area (Å²) in [5.74, 6) is 0.0225. The number of piperidine rings is 1. The fraction of sp³-hybridized carbons (Fsp3) is 0.562. The van der Waals surface area contributed by atoms with Crippen LogP contribution in [0.5, 0.6) is 0 Å². The van der Waals surface area contributed by atoms with Crippen LogP contribution in [0.4, 0.5) is 0 Å². The number of amides is 1. The van der Waals surface area contributed by atoms with Crippen molar-refractivity contribution in [3.63, 3.8) is 0 Å². The van der Waals surface area contributed by atoms with Gasteiger partial charge in [-0.2, -0.15) is 4.31 Å².